The zero-order valence-electron chi connectivity index (χ0n) is 16.1. The molecule has 0 bridgehead atoms. The van der Waals surface area contributed by atoms with Crippen LogP contribution < -0.4 is 0 Å². The van der Waals surface area contributed by atoms with Crippen LogP contribution in [0.15, 0.2) is 36.7 Å². The number of hydrogen-bond donors (Lipinski definition) is 1. The fraction of sp³-hybridized carbons (Fsp3) is 0.429. The molecule has 3 aromatic rings. The van der Waals surface area contributed by atoms with E-state index in [4.69, 9.17) is 0 Å². The van der Waals surface area contributed by atoms with Gasteiger partial charge in [-0.05, 0) is 37.7 Å². The normalized spacial score (nSPS) is 16.9. The van der Waals surface area contributed by atoms with Crippen molar-refractivity contribution in [3.05, 3.63) is 53.5 Å². The molecule has 0 fully saturated rings. The summed E-state index contributed by atoms with van der Waals surface area (Å²) in [6, 6.07) is 8.61. The Bertz CT molecular complexity index is 958. The average molecular weight is 383 g/mol. The second-order valence-electron chi connectivity index (χ2n) is 7.29. The summed E-state index contributed by atoms with van der Waals surface area (Å²) >= 11 is 1.68. The molecule has 6 heteroatoms. The molecule has 27 heavy (non-hydrogen) atoms. The highest BCUT2D eigenvalue weighted by atomic mass is 32.2. The van der Waals surface area contributed by atoms with Crippen LogP contribution in [-0.2, 0) is 11.2 Å². The van der Waals surface area contributed by atoms with Crippen LogP contribution in [-0.4, -0.2) is 43.6 Å². The summed E-state index contributed by atoms with van der Waals surface area (Å²) in [5.74, 6) is 1.68. The number of nitrogens with zero attached hydrogens (tertiary/aromatic N) is 3. The van der Waals surface area contributed by atoms with Crippen LogP contribution in [0.4, 0.5) is 0 Å². The van der Waals surface area contributed by atoms with Crippen LogP contribution in [0.5, 0.6) is 0 Å². The SMILES string of the molecule is CCSCC(=O)N1CCc2c([nH]c3ccccc23)[C@H]1c1cnn(C(C)C)c1. The summed E-state index contributed by atoms with van der Waals surface area (Å²) in [5.41, 5.74) is 4.69. The third-order valence-corrected chi connectivity index (χ3v) is 6.11. The predicted octanol–water partition coefficient (Wildman–Crippen LogP) is 4.17. The van der Waals surface area contributed by atoms with Gasteiger partial charge in [-0.3, -0.25) is 9.48 Å². The smallest absolute Gasteiger partial charge is 0.233 e. The molecule has 5 nitrogen and oxygen atoms in total. The van der Waals surface area contributed by atoms with Gasteiger partial charge < -0.3 is 9.88 Å². The Hall–Kier alpha value is -2.21. The fourth-order valence-electron chi connectivity index (χ4n) is 3.90. The summed E-state index contributed by atoms with van der Waals surface area (Å²) in [5, 5.41) is 5.80. The highest BCUT2D eigenvalue weighted by Crippen LogP contribution is 2.38. The molecule has 0 saturated heterocycles. The number of carbonyl (C=O) groups excluding carboxylic acids is 1. The van der Waals surface area contributed by atoms with E-state index in [1.54, 1.807) is 11.8 Å². The van der Waals surface area contributed by atoms with Crippen molar-refractivity contribution in [2.45, 2.75) is 39.3 Å². The number of para-hydroxylation sites is 1. The third kappa shape index (κ3) is 3.27. The van der Waals surface area contributed by atoms with Gasteiger partial charge in [0.05, 0.1) is 11.9 Å². The van der Waals surface area contributed by atoms with Crippen molar-refractivity contribution in [3.63, 3.8) is 0 Å². The van der Waals surface area contributed by atoms with Crippen molar-refractivity contribution in [1.82, 2.24) is 19.7 Å². The molecule has 1 aromatic carbocycles. The van der Waals surface area contributed by atoms with Crippen LogP contribution in [0.2, 0.25) is 0 Å². The quantitative estimate of drug-likeness (QED) is 0.720. The molecule has 1 aliphatic rings. The largest absolute Gasteiger partial charge is 0.356 e. The Morgan fingerprint density at radius 1 is 1.37 bits per heavy atom. The van der Waals surface area contributed by atoms with Crippen molar-refractivity contribution >= 4 is 28.6 Å². The maximum absolute atomic E-state index is 13.0. The number of amides is 1. The first kappa shape index (κ1) is 18.2. The van der Waals surface area contributed by atoms with Crippen LogP contribution in [0.3, 0.4) is 0 Å². The lowest BCUT2D eigenvalue weighted by Crippen LogP contribution is -2.41. The molecule has 1 atom stereocenters. The first-order chi connectivity index (χ1) is 13.1. The maximum Gasteiger partial charge on any atom is 0.233 e. The van der Waals surface area contributed by atoms with Crippen molar-refractivity contribution in [2.24, 2.45) is 0 Å². The minimum atomic E-state index is -0.0985. The molecular formula is C21H26N4OS. The van der Waals surface area contributed by atoms with Gasteiger partial charge in [-0.1, -0.05) is 25.1 Å². The first-order valence-electron chi connectivity index (χ1n) is 9.61. The van der Waals surface area contributed by atoms with Crippen molar-refractivity contribution in [3.8, 4) is 0 Å². The Morgan fingerprint density at radius 2 is 2.19 bits per heavy atom. The summed E-state index contributed by atoms with van der Waals surface area (Å²) in [7, 11) is 0. The average Bonchev–Trinajstić information content (AvgIpc) is 3.30. The van der Waals surface area contributed by atoms with Crippen LogP contribution in [0.1, 0.15) is 49.7 Å². The number of H-pyrrole nitrogens is 1. The number of nitrogens with one attached hydrogen (secondary N) is 1. The van der Waals surface area contributed by atoms with E-state index in [1.807, 2.05) is 15.8 Å². The molecule has 0 saturated carbocycles. The molecule has 4 rings (SSSR count). The zero-order valence-corrected chi connectivity index (χ0v) is 16.9. The number of fused-ring (bicyclic) bond motifs is 3. The molecule has 0 spiro atoms. The molecule has 2 aromatic heterocycles. The zero-order chi connectivity index (χ0) is 19.0. The van der Waals surface area contributed by atoms with Gasteiger partial charge >= 0.3 is 0 Å². The molecule has 0 aliphatic carbocycles. The van der Waals surface area contributed by atoms with Gasteiger partial charge in [0.1, 0.15) is 6.04 Å². The summed E-state index contributed by atoms with van der Waals surface area (Å²) in [6.45, 7) is 7.07. The molecule has 1 amide bonds. The topological polar surface area (TPSA) is 53.9 Å². The van der Waals surface area contributed by atoms with Crippen LogP contribution in [0, 0.1) is 0 Å². The summed E-state index contributed by atoms with van der Waals surface area (Å²) in [6.07, 6.45) is 4.89. The number of thioether (sulfide) groups is 1. The minimum absolute atomic E-state index is 0.0985. The molecule has 1 aliphatic heterocycles. The third-order valence-electron chi connectivity index (χ3n) is 5.25. The molecule has 3 heterocycles. The second kappa shape index (κ2) is 7.43. The van der Waals surface area contributed by atoms with Gasteiger partial charge in [-0.25, -0.2) is 0 Å². The Labute approximate surface area is 164 Å². The van der Waals surface area contributed by atoms with Crippen molar-refractivity contribution < 1.29 is 4.79 Å². The number of rotatable bonds is 5. The van der Waals surface area contributed by atoms with E-state index >= 15 is 0 Å². The van der Waals surface area contributed by atoms with Gasteiger partial charge in [0.2, 0.25) is 5.91 Å². The Morgan fingerprint density at radius 3 is 2.93 bits per heavy atom. The van der Waals surface area contributed by atoms with Crippen LogP contribution >= 0.6 is 11.8 Å². The lowest BCUT2D eigenvalue weighted by atomic mass is 9.94. The monoisotopic (exact) mass is 382 g/mol. The number of benzene rings is 1. The van der Waals surface area contributed by atoms with E-state index in [1.165, 1.54) is 10.9 Å². The minimum Gasteiger partial charge on any atom is -0.356 e. The van der Waals surface area contributed by atoms with Gasteiger partial charge in [-0.2, -0.15) is 16.9 Å². The van der Waals surface area contributed by atoms with Crippen molar-refractivity contribution in [2.75, 3.05) is 18.1 Å². The van der Waals surface area contributed by atoms with Gasteiger partial charge in [0.15, 0.2) is 0 Å². The van der Waals surface area contributed by atoms with E-state index < -0.39 is 0 Å². The standard InChI is InChI=1S/C21H26N4OS/c1-4-27-13-19(26)24-10-9-17-16-7-5-6-8-18(16)23-20(17)21(24)15-11-22-25(12-15)14(2)3/h5-8,11-12,14,21,23H,4,9-10,13H2,1-3H3/t21-/m1/s1. The highest BCUT2D eigenvalue weighted by molar-refractivity contribution is 7.99. The highest BCUT2D eigenvalue weighted by Gasteiger charge is 2.35. The predicted molar refractivity (Wildman–Crippen MR) is 111 cm³/mol. The number of aromatic amines is 1. The first-order valence-corrected chi connectivity index (χ1v) is 10.8. The van der Waals surface area contributed by atoms with E-state index in [0.29, 0.717) is 11.8 Å². The number of hydrogen-bond acceptors (Lipinski definition) is 3. The molecule has 0 unspecified atom stereocenters. The number of aromatic nitrogens is 3. The lowest BCUT2D eigenvalue weighted by Gasteiger charge is -2.35. The van der Waals surface area contributed by atoms with Crippen molar-refractivity contribution in [1.29, 1.82) is 0 Å². The Kier molecular flexibility index (Phi) is 5.00. The van der Waals surface area contributed by atoms with E-state index in [2.05, 4.69) is 61.3 Å². The molecule has 1 N–H and O–H groups in total. The summed E-state index contributed by atoms with van der Waals surface area (Å²) in [4.78, 5) is 18.6. The van der Waals surface area contributed by atoms with Gasteiger partial charge in [0, 0.05) is 40.9 Å². The second-order valence-corrected chi connectivity index (χ2v) is 8.56. The molecule has 142 valence electrons. The fourth-order valence-corrected chi connectivity index (χ4v) is 4.45. The maximum atomic E-state index is 13.0. The molecular weight excluding hydrogens is 356 g/mol. The van der Waals surface area contributed by atoms with Gasteiger partial charge in [-0.15, -0.1) is 0 Å². The Balaban J connectivity index is 1.80. The summed E-state index contributed by atoms with van der Waals surface area (Å²) < 4.78 is 1.97. The molecule has 0 radical (unpaired) electrons. The van der Waals surface area contributed by atoms with Crippen LogP contribution in [0.25, 0.3) is 10.9 Å². The lowest BCUT2D eigenvalue weighted by molar-refractivity contribution is -0.130. The van der Waals surface area contributed by atoms with E-state index in [0.717, 1.165) is 35.5 Å². The number of carbonyl (C=O) groups is 1. The van der Waals surface area contributed by atoms with E-state index in [9.17, 15) is 4.79 Å². The van der Waals surface area contributed by atoms with E-state index in [-0.39, 0.29) is 11.9 Å². The van der Waals surface area contributed by atoms with Gasteiger partial charge in [0.25, 0.3) is 0 Å².